The maximum absolute atomic E-state index is 9.63. The second-order valence-electron chi connectivity index (χ2n) is 14.6. The Morgan fingerprint density at radius 1 is 0.525 bits per heavy atom. The van der Waals surface area contributed by atoms with Gasteiger partial charge in [-0.15, -0.1) is 0 Å². The predicted octanol–water partition coefficient (Wildman–Crippen LogP) is 10.4. The normalized spacial score (nSPS) is 12.4. The number of benzene rings is 3. The van der Waals surface area contributed by atoms with Crippen LogP contribution in [0.15, 0.2) is 60.7 Å². The van der Waals surface area contributed by atoms with Gasteiger partial charge in [0.1, 0.15) is 23.6 Å². The van der Waals surface area contributed by atoms with Crippen molar-refractivity contribution >= 4 is 0 Å². The van der Waals surface area contributed by atoms with Crippen LogP contribution >= 0.6 is 0 Å². The predicted molar refractivity (Wildman–Crippen MR) is 163 cm³/mol. The minimum atomic E-state index is 0.0150. The summed E-state index contributed by atoms with van der Waals surface area (Å²) in [6, 6.07) is 23.5. The monoisotopic (exact) mass is 536 g/mol. The van der Waals surface area contributed by atoms with E-state index in [1.807, 2.05) is 24.3 Å². The number of nitrogens with zero attached hydrogens (tertiary/aromatic N) is 2. The summed E-state index contributed by atoms with van der Waals surface area (Å²) < 4.78 is 12.5. The molecule has 3 rings (SSSR count). The maximum atomic E-state index is 9.63. The van der Waals surface area contributed by atoms with Crippen molar-refractivity contribution in [1.29, 1.82) is 10.5 Å². The topological polar surface area (TPSA) is 66.0 Å². The lowest BCUT2D eigenvalue weighted by Gasteiger charge is -2.33. The smallest absolute Gasteiger partial charge is 0.171 e. The molecule has 0 amide bonds. The van der Waals surface area contributed by atoms with Crippen LogP contribution < -0.4 is 9.47 Å². The van der Waals surface area contributed by atoms with Crippen molar-refractivity contribution in [3.8, 4) is 35.1 Å². The van der Waals surface area contributed by atoms with Gasteiger partial charge in [-0.3, -0.25) is 0 Å². The average Bonchev–Trinajstić information content (AvgIpc) is 2.82. The summed E-state index contributed by atoms with van der Waals surface area (Å²) in [5, 5.41) is 19.3. The van der Waals surface area contributed by atoms with Crippen LogP contribution in [0.4, 0.5) is 0 Å². The van der Waals surface area contributed by atoms with E-state index in [-0.39, 0.29) is 32.8 Å². The zero-order valence-corrected chi connectivity index (χ0v) is 25.9. The first kappa shape index (κ1) is 30.8. The van der Waals surface area contributed by atoms with E-state index in [1.165, 1.54) is 11.1 Å². The molecule has 0 bridgehead atoms. The van der Waals surface area contributed by atoms with Gasteiger partial charge in [0.05, 0.1) is 11.1 Å². The average molecular weight is 537 g/mol. The summed E-state index contributed by atoms with van der Waals surface area (Å²) in [5.41, 5.74) is 3.40. The molecule has 3 aromatic carbocycles. The molecule has 0 atom stereocenters. The molecule has 0 fully saturated rings. The first-order chi connectivity index (χ1) is 18.4. The zero-order valence-electron chi connectivity index (χ0n) is 25.9. The Balaban J connectivity index is 1.91. The third kappa shape index (κ3) is 8.12. The Labute approximate surface area is 241 Å². The Morgan fingerprint density at radius 3 is 1.07 bits per heavy atom. The fourth-order valence-electron chi connectivity index (χ4n) is 5.96. The minimum Gasteiger partial charge on any atom is -0.453 e. The molecule has 0 aliphatic rings. The van der Waals surface area contributed by atoms with E-state index in [1.54, 1.807) is 12.1 Å². The van der Waals surface area contributed by atoms with Crippen molar-refractivity contribution in [3.63, 3.8) is 0 Å². The second kappa shape index (κ2) is 11.4. The molecule has 0 radical (unpaired) electrons. The molecule has 0 unspecified atom stereocenters. The summed E-state index contributed by atoms with van der Waals surface area (Å²) >= 11 is 0. The van der Waals surface area contributed by atoms with Gasteiger partial charge in [-0.2, -0.15) is 10.5 Å². The van der Waals surface area contributed by atoms with Crippen molar-refractivity contribution in [2.24, 2.45) is 10.8 Å². The molecule has 3 aromatic rings. The summed E-state index contributed by atoms with van der Waals surface area (Å²) in [4.78, 5) is 0. The highest BCUT2D eigenvalue weighted by Crippen LogP contribution is 2.41. The molecule has 4 nitrogen and oxygen atoms in total. The first-order valence-electron chi connectivity index (χ1n) is 14.0. The van der Waals surface area contributed by atoms with Gasteiger partial charge in [-0.25, -0.2) is 0 Å². The van der Waals surface area contributed by atoms with Crippen LogP contribution in [-0.4, -0.2) is 0 Å². The van der Waals surface area contributed by atoms with E-state index in [0.717, 1.165) is 12.8 Å². The lowest BCUT2D eigenvalue weighted by Crippen LogP contribution is -2.24. The largest absolute Gasteiger partial charge is 0.453 e. The van der Waals surface area contributed by atoms with Gasteiger partial charge in [0.15, 0.2) is 11.5 Å². The van der Waals surface area contributed by atoms with Crippen LogP contribution in [0.2, 0.25) is 0 Å². The highest BCUT2D eigenvalue weighted by atomic mass is 16.5. The van der Waals surface area contributed by atoms with Crippen molar-refractivity contribution in [1.82, 2.24) is 0 Å². The Hall–Kier alpha value is -3.76. The molecule has 0 saturated carbocycles. The fraction of sp³-hybridized carbons (Fsp3) is 0.444. The lowest BCUT2D eigenvalue weighted by molar-refractivity contribution is 0.283. The maximum Gasteiger partial charge on any atom is 0.171 e. The van der Waals surface area contributed by atoms with Gasteiger partial charge in [0.2, 0.25) is 0 Å². The standard InChI is InChI=1S/C36H44N2O2/c1-33(2,3)23-35(7,8)27-11-15-29(16-12-27)39-31-19-25(21-37)26(22-38)20-32(31)40-30-17-13-28(14-18-30)36(9,10)24-34(4,5)6/h11-20H,23-24H2,1-10H3. The Morgan fingerprint density at radius 2 is 0.825 bits per heavy atom. The molecule has 40 heavy (non-hydrogen) atoms. The Bertz CT molecular complexity index is 1290. The van der Waals surface area contributed by atoms with E-state index in [2.05, 4.69) is 106 Å². The molecule has 0 N–H and O–H groups in total. The van der Waals surface area contributed by atoms with Gasteiger partial charge in [0.25, 0.3) is 0 Å². The van der Waals surface area contributed by atoms with Crippen molar-refractivity contribution < 1.29 is 9.47 Å². The van der Waals surface area contributed by atoms with Crippen molar-refractivity contribution in [3.05, 3.63) is 82.9 Å². The molecule has 0 heterocycles. The second-order valence-corrected chi connectivity index (χ2v) is 14.6. The lowest BCUT2D eigenvalue weighted by atomic mass is 9.72. The zero-order chi connectivity index (χ0) is 29.9. The van der Waals surface area contributed by atoms with Gasteiger partial charge >= 0.3 is 0 Å². The van der Waals surface area contributed by atoms with Gasteiger partial charge in [-0.1, -0.05) is 93.5 Å². The first-order valence-corrected chi connectivity index (χ1v) is 14.0. The molecule has 210 valence electrons. The summed E-state index contributed by atoms with van der Waals surface area (Å²) in [5.74, 6) is 2.03. The van der Waals surface area contributed by atoms with Crippen LogP contribution in [-0.2, 0) is 10.8 Å². The van der Waals surface area contributed by atoms with E-state index in [4.69, 9.17) is 9.47 Å². The third-order valence-electron chi connectivity index (χ3n) is 7.00. The molecule has 0 aliphatic heterocycles. The SMILES string of the molecule is CC(C)(C)CC(C)(C)c1ccc(Oc2cc(C#N)c(C#N)cc2Oc2ccc(C(C)(C)CC(C)(C)C)cc2)cc1. The van der Waals surface area contributed by atoms with Crippen LogP contribution in [0.1, 0.15) is 104 Å². The molecule has 0 spiro atoms. The van der Waals surface area contributed by atoms with Gasteiger partial charge < -0.3 is 9.47 Å². The quantitative estimate of drug-likeness (QED) is 0.287. The van der Waals surface area contributed by atoms with E-state index in [0.29, 0.717) is 23.0 Å². The van der Waals surface area contributed by atoms with E-state index in [9.17, 15) is 10.5 Å². The van der Waals surface area contributed by atoms with E-state index < -0.39 is 0 Å². The van der Waals surface area contributed by atoms with E-state index >= 15 is 0 Å². The van der Waals surface area contributed by atoms with Crippen LogP contribution in [0, 0.1) is 33.5 Å². The minimum absolute atomic E-state index is 0.0150. The number of hydrogen-bond acceptors (Lipinski definition) is 4. The van der Waals surface area contributed by atoms with Gasteiger partial charge in [0, 0.05) is 12.1 Å². The van der Waals surface area contributed by atoms with Crippen molar-refractivity contribution in [2.45, 2.75) is 92.9 Å². The summed E-state index contributed by atoms with van der Waals surface area (Å²) in [7, 11) is 0. The summed E-state index contributed by atoms with van der Waals surface area (Å²) in [6.45, 7) is 22.6. The summed E-state index contributed by atoms with van der Waals surface area (Å²) in [6.07, 6.45) is 2.09. The van der Waals surface area contributed by atoms with Crippen LogP contribution in [0.25, 0.3) is 0 Å². The molecular weight excluding hydrogens is 492 g/mol. The fourth-order valence-corrected chi connectivity index (χ4v) is 5.96. The highest BCUT2D eigenvalue weighted by molar-refractivity contribution is 5.58. The number of ether oxygens (including phenoxy) is 2. The molecule has 0 saturated heterocycles. The number of hydrogen-bond donors (Lipinski definition) is 0. The molecule has 4 heteroatoms. The Kier molecular flexibility index (Phi) is 8.76. The van der Waals surface area contributed by atoms with Crippen molar-refractivity contribution in [2.75, 3.05) is 0 Å². The van der Waals surface area contributed by atoms with Gasteiger partial charge in [-0.05, 0) is 69.9 Å². The number of nitriles is 2. The molecule has 0 aromatic heterocycles. The third-order valence-corrected chi connectivity index (χ3v) is 7.00. The van der Waals surface area contributed by atoms with Crippen LogP contribution in [0.3, 0.4) is 0 Å². The highest BCUT2D eigenvalue weighted by Gasteiger charge is 2.28. The number of rotatable bonds is 8. The molecule has 0 aliphatic carbocycles. The van der Waals surface area contributed by atoms with Crippen LogP contribution in [0.5, 0.6) is 23.0 Å². The molecular formula is C36H44N2O2.